The summed E-state index contributed by atoms with van der Waals surface area (Å²) in [6.45, 7) is 2.48. The van der Waals surface area contributed by atoms with Crippen LogP contribution in [-0.4, -0.2) is 52.5 Å². The summed E-state index contributed by atoms with van der Waals surface area (Å²) in [6.07, 6.45) is 0.270. The molecule has 0 bridgehead atoms. The van der Waals surface area contributed by atoms with Gasteiger partial charge in [0, 0.05) is 6.54 Å². The smallest absolute Gasteiger partial charge is 0.410 e. The quantitative estimate of drug-likeness (QED) is 0.686. The van der Waals surface area contributed by atoms with Gasteiger partial charge in [-0.15, -0.1) is 0 Å². The number of nitrogens with zero attached hydrogens (tertiary/aromatic N) is 1. The Bertz CT molecular complexity index is 268. The van der Waals surface area contributed by atoms with E-state index in [0.717, 1.165) is 17.7 Å². The van der Waals surface area contributed by atoms with Gasteiger partial charge in [-0.1, -0.05) is 13.3 Å². The second-order valence-electron chi connectivity index (χ2n) is 3.80. The molecule has 0 aromatic rings. The van der Waals surface area contributed by atoms with Gasteiger partial charge in [-0.05, 0) is 12.8 Å². The molecule has 92 valence electrons. The zero-order valence-corrected chi connectivity index (χ0v) is 9.26. The molecule has 1 saturated heterocycles. The average molecular weight is 231 g/mol. The number of aliphatic carboxylic acids is 1. The first-order valence-electron chi connectivity index (χ1n) is 5.42. The van der Waals surface area contributed by atoms with Gasteiger partial charge in [-0.2, -0.15) is 0 Å². The third kappa shape index (κ3) is 2.85. The molecule has 0 spiro atoms. The highest BCUT2D eigenvalue weighted by Gasteiger charge is 2.41. The van der Waals surface area contributed by atoms with Gasteiger partial charge in [-0.25, -0.2) is 9.59 Å². The number of carboxylic acids is 1. The standard InChI is InChI=1S/C10H17NO5/c1-2-3-6-16-10(15)11-5-4-7(12)8(11)9(13)14/h7-8,12H,2-6H2,1H3,(H,13,14)/t7-,8-/m0/s1. The monoisotopic (exact) mass is 231 g/mol. The number of ether oxygens (including phenoxy) is 1. The van der Waals surface area contributed by atoms with E-state index in [1.165, 1.54) is 0 Å². The lowest BCUT2D eigenvalue weighted by atomic mass is 10.2. The van der Waals surface area contributed by atoms with Crippen molar-refractivity contribution < 1.29 is 24.5 Å². The van der Waals surface area contributed by atoms with E-state index in [4.69, 9.17) is 9.84 Å². The number of aliphatic hydroxyl groups is 1. The first-order valence-corrected chi connectivity index (χ1v) is 5.42. The Balaban J connectivity index is 2.51. The van der Waals surface area contributed by atoms with Crippen LogP contribution < -0.4 is 0 Å². The predicted octanol–water partition coefficient (Wildman–Crippen LogP) is 0.443. The number of hydrogen-bond acceptors (Lipinski definition) is 4. The first kappa shape index (κ1) is 12.8. The molecular formula is C10H17NO5. The fraction of sp³-hybridized carbons (Fsp3) is 0.800. The number of rotatable bonds is 4. The fourth-order valence-electron chi connectivity index (χ4n) is 1.67. The summed E-state index contributed by atoms with van der Waals surface area (Å²) in [5.41, 5.74) is 0. The number of hydrogen-bond donors (Lipinski definition) is 2. The fourth-order valence-corrected chi connectivity index (χ4v) is 1.67. The zero-order valence-electron chi connectivity index (χ0n) is 9.26. The summed E-state index contributed by atoms with van der Waals surface area (Å²) >= 11 is 0. The van der Waals surface area contributed by atoms with Crippen LogP contribution in [0.5, 0.6) is 0 Å². The molecule has 6 heteroatoms. The number of aliphatic hydroxyl groups excluding tert-OH is 1. The van der Waals surface area contributed by atoms with E-state index >= 15 is 0 Å². The lowest BCUT2D eigenvalue weighted by Gasteiger charge is -2.21. The van der Waals surface area contributed by atoms with E-state index in [-0.39, 0.29) is 19.6 Å². The minimum absolute atomic E-state index is 0.225. The third-order valence-corrected chi connectivity index (χ3v) is 2.58. The number of carbonyl (C=O) groups excluding carboxylic acids is 1. The van der Waals surface area contributed by atoms with E-state index in [9.17, 15) is 14.7 Å². The van der Waals surface area contributed by atoms with Gasteiger partial charge in [0.25, 0.3) is 0 Å². The molecule has 1 aliphatic rings. The summed E-state index contributed by atoms with van der Waals surface area (Å²) in [4.78, 5) is 23.4. The summed E-state index contributed by atoms with van der Waals surface area (Å²) in [6, 6.07) is -1.17. The van der Waals surface area contributed by atoms with E-state index in [0.29, 0.717) is 0 Å². The van der Waals surface area contributed by atoms with Crippen LogP contribution in [0.4, 0.5) is 4.79 Å². The number of carboxylic acid groups (broad SMARTS) is 1. The maximum Gasteiger partial charge on any atom is 0.410 e. The van der Waals surface area contributed by atoms with Gasteiger partial charge in [0.2, 0.25) is 0 Å². The summed E-state index contributed by atoms with van der Waals surface area (Å²) in [7, 11) is 0. The molecule has 0 unspecified atom stereocenters. The Kier molecular flexibility index (Phi) is 4.54. The molecule has 2 N–H and O–H groups in total. The number of unbranched alkanes of at least 4 members (excludes halogenated alkanes) is 1. The average Bonchev–Trinajstić information content (AvgIpc) is 2.60. The molecular weight excluding hydrogens is 214 g/mol. The van der Waals surface area contributed by atoms with Gasteiger partial charge in [0.15, 0.2) is 6.04 Å². The van der Waals surface area contributed by atoms with Gasteiger partial charge < -0.3 is 14.9 Å². The largest absolute Gasteiger partial charge is 0.480 e. The van der Waals surface area contributed by atoms with Crippen LogP contribution in [0.25, 0.3) is 0 Å². The van der Waals surface area contributed by atoms with Crippen molar-refractivity contribution in [1.29, 1.82) is 0 Å². The van der Waals surface area contributed by atoms with Crippen molar-refractivity contribution in [3.05, 3.63) is 0 Å². The summed E-state index contributed by atoms with van der Waals surface area (Å²) < 4.78 is 4.91. The van der Waals surface area contributed by atoms with Crippen LogP contribution in [-0.2, 0) is 9.53 Å². The minimum Gasteiger partial charge on any atom is -0.480 e. The Morgan fingerprint density at radius 3 is 2.75 bits per heavy atom. The van der Waals surface area contributed by atoms with Crippen molar-refractivity contribution in [1.82, 2.24) is 4.90 Å². The molecule has 6 nitrogen and oxygen atoms in total. The van der Waals surface area contributed by atoms with Crippen LogP contribution >= 0.6 is 0 Å². The van der Waals surface area contributed by atoms with Crippen molar-refractivity contribution in [2.45, 2.75) is 38.3 Å². The highest BCUT2D eigenvalue weighted by atomic mass is 16.6. The van der Waals surface area contributed by atoms with Crippen molar-refractivity contribution in [2.75, 3.05) is 13.2 Å². The lowest BCUT2D eigenvalue weighted by molar-refractivity contribution is -0.144. The molecule has 2 atom stereocenters. The second kappa shape index (κ2) is 5.69. The van der Waals surface area contributed by atoms with Gasteiger partial charge in [0.05, 0.1) is 12.7 Å². The molecule has 1 amide bonds. The van der Waals surface area contributed by atoms with E-state index in [1.54, 1.807) is 0 Å². The van der Waals surface area contributed by atoms with Crippen LogP contribution in [0, 0.1) is 0 Å². The molecule has 1 fully saturated rings. The molecule has 16 heavy (non-hydrogen) atoms. The Morgan fingerprint density at radius 2 is 2.19 bits per heavy atom. The normalized spacial score (nSPS) is 24.5. The van der Waals surface area contributed by atoms with Crippen molar-refractivity contribution in [3.63, 3.8) is 0 Å². The van der Waals surface area contributed by atoms with Gasteiger partial charge in [0.1, 0.15) is 0 Å². The highest BCUT2D eigenvalue weighted by molar-refractivity contribution is 5.81. The summed E-state index contributed by atoms with van der Waals surface area (Å²) in [5, 5.41) is 18.3. The van der Waals surface area contributed by atoms with E-state index in [2.05, 4.69) is 0 Å². The second-order valence-corrected chi connectivity index (χ2v) is 3.80. The van der Waals surface area contributed by atoms with E-state index < -0.39 is 24.2 Å². The van der Waals surface area contributed by atoms with Gasteiger partial charge in [-0.3, -0.25) is 4.90 Å². The van der Waals surface area contributed by atoms with E-state index in [1.807, 2.05) is 6.92 Å². The first-order chi connectivity index (χ1) is 7.57. The predicted molar refractivity (Wildman–Crippen MR) is 55.0 cm³/mol. The molecule has 0 radical (unpaired) electrons. The topological polar surface area (TPSA) is 87.1 Å². The Morgan fingerprint density at radius 1 is 1.50 bits per heavy atom. The molecule has 0 aliphatic carbocycles. The molecule has 0 aromatic heterocycles. The molecule has 1 aliphatic heterocycles. The number of carbonyl (C=O) groups is 2. The Labute approximate surface area is 93.8 Å². The maximum atomic E-state index is 11.5. The molecule has 1 heterocycles. The highest BCUT2D eigenvalue weighted by Crippen LogP contribution is 2.19. The number of amides is 1. The van der Waals surface area contributed by atoms with Crippen LogP contribution in [0.2, 0.25) is 0 Å². The van der Waals surface area contributed by atoms with Crippen LogP contribution in [0.1, 0.15) is 26.2 Å². The maximum absolute atomic E-state index is 11.5. The van der Waals surface area contributed by atoms with Gasteiger partial charge >= 0.3 is 12.1 Å². The molecule has 1 rings (SSSR count). The third-order valence-electron chi connectivity index (χ3n) is 2.58. The summed E-state index contributed by atoms with van der Waals surface area (Å²) in [5.74, 6) is -1.20. The SMILES string of the molecule is CCCCOC(=O)N1CC[C@H](O)[C@H]1C(=O)O. The Hall–Kier alpha value is -1.30. The van der Waals surface area contributed by atoms with Crippen molar-refractivity contribution in [3.8, 4) is 0 Å². The number of likely N-dealkylation sites (tertiary alicyclic amines) is 1. The molecule has 0 aromatic carbocycles. The molecule has 0 saturated carbocycles. The van der Waals surface area contributed by atoms with Crippen LogP contribution in [0.15, 0.2) is 0 Å². The minimum atomic E-state index is -1.20. The van der Waals surface area contributed by atoms with Crippen molar-refractivity contribution >= 4 is 12.1 Å². The van der Waals surface area contributed by atoms with Crippen LogP contribution in [0.3, 0.4) is 0 Å². The zero-order chi connectivity index (χ0) is 12.1. The van der Waals surface area contributed by atoms with Crippen molar-refractivity contribution in [2.24, 2.45) is 0 Å². The lowest BCUT2D eigenvalue weighted by Crippen LogP contribution is -2.45.